The molecule has 0 radical (unpaired) electrons. The van der Waals surface area contributed by atoms with Crippen LogP contribution in [0, 0.1) is 6.92 Å². The maximum Gasteiger partial charge on any atom is 0.255 e. The molecule has 0 bridgehead atoms. The predicted molar refractivity (Wildman–Crippen MR) is 77.4 cm³/mol. The van der Waals surface area contributed by atoms with E-state index in [2.05, 4.69) is 10.3 Å². The van der Waals surface area contributed by atoms with E-state index in [0.29, 0.717) is 12.1 Å². The maximum absolute atomic E-state index is 12.4. The molecule has 0 aliphatic heterocycles. The molecule has 4 heteroatoms. The van der Waals surface area contributed by atoms with Gasteiger partial charge in [0.25, 0.3) is 5.91 Å². The second-order valence-corrected chi connectivity index (χ2v) is 4.66. The zero-order valence-electron chi connectivity index (χ0n) is 11.6. The van der Waals surface area contributed by atoms with Gasteiger partial charge >= 0.3 is 0 Å². The highest BCUT2D eigenvalue weighted by molar-refractivity contribution is 6.05. The van der Waals surface area contributed by atoms with Crippen LogP contribution in [0.5, 0.6) is 0 Å². The van der Waals surface area contributed by atoms with Crippen LogP contribution in [-0.4, -0.2) is 43.0 Å². The Morgan fingerprint density at radius 1 is 1.32 bits per heavy atom. The smallest absolute Gasteiger partial charge is 0.255 e. The molecular formula is C15H19N3O. The maximum atomic E-state index is 12.4. The number of nitrogens with one attached hydrogen (secondary N) is 1. The summed E-state index contributed by atoms with van der Waals surface area (Å²) in [5.41, 5.74) is 2.37. The first-order chi connectivity index (χ1) is 9.13. The summed E-state index contributed by atoms with van der Waals surface area (Å²) in [5.74, 6) is 0.0129. The summed E-state index contributed by atoms with van der Waals surface area (Å²) in [7, 11) is 3.69. The summed E-state index contributed by atoms with van der Waals surface area (Å²) in [4.78, 5) is 18.6. The number of carbonyl (C=O) groups is 1. The number of hydrogen-bond acceptors (Lipinski definition) is 3. The molecule has 0 aliphatic carbocycles. The lowest BCUT2D eigenvalue weighted by atomic mass is 10.1. The van der Waals surface area contributed by atoms with Crippen molar-refractivity contribution in [2.24, 2.45) is 0 Å². The highest BCUT2D eigenvalue weighted by Crippen LogP contribution is 2.18. The Kier molecular flexibility index (Phi) is 4.12. The van der Waals surface area contributed by atoms with Crippen molar-refractivity contribution < 1.29 is 4.79 Å². The summed E-state index contributed by atoms with van der Waals surface area (Å²) in [5, 5.41) is 4.04. The van der Waals surface area contributed by atoms with Crippen LogP contribution in [0.1, 0.15) is 16.1 Å². The molecule has 0 spiro atoms. The highest BCUT2D eigenvalue weighted by atomic mass is 16.2. The number of rotatable bonds is 4. The first kappa shape index (κ1) is 13.5. The molecule has 100 valence electrons. The van der Waals surface area contributed by atoms with E-state index in [1.807, 2.05) is 51.4 Å². The third-order valence-corrected chi connectivity index (χ3v) is 3.13. The summed E-state index contributed by atoms with van der Waals surface area (Å²) in [6.07, 6.45) is 0. The van der Waals surface area contributed by atoms with Crippen LogP contribution < -0.4 is 5.32 Å². The second-order valence-electron chi connectivity index (χ2n) is 4.66. The van der Waals surface area contributed by atoms with Gasteiger partial charge in [0.15, 0.2) is 0 Å². The van der Waals surface area contributed by atoms with Gasteiger partial charge in [-0.3, -0.25) is 9.78 Å². The third-order valence-electron chi connectivity index (χ3n) is 3.13. The first-order valence-corrected chi connectivity index (χ1v) is 6.40. The Bertz CT molecular complexity index is 595. The lowest BCUT2D eigenvalue weighted by Crippen LogP contribution is -2.32. The number of amides is 1. The molecule has 0 atom stereocenters. The van der Waals surface area contributed by atoms with Crippen LogP contribution in [-0.2, 0) is 0 Å². The number of aromatic nitrogens is 1. The van der Waals surface area contributed by atoms with E-state index in [0.717, 1.165) is 23.1 Å². The number of aryl methyl sites for hydroxylation is 1. The number of likely N-dealkylation sites (N-methyl/N-ethyl adjacent to an activating group) is 2. The highest BCUT2D eigenvalue weighted by Gasteiger charge is 2.15. The predicted octanol–water partition coefficient (Wildman–Crippen LogP) is 1.83. The fourth-order valence-electron chi connectivity index (χ4n) is 2.00. The SMILES string of the molecule is CNCCN(C)C(=O)c1cccc2ccc(C)nc12. The van der Waals surface area contributed by atoms with Gasteiger partial charge < -0.3 is 10.2 Å². The molecule has 0 unspecified atom stereocenters. The number of carbonyl (C=O) groups excluding carboxylic acids is 1. The van der Waals surface area contributed by atoms with Gasteiger partial charge in [0, 0.05) is 31.2 Å². The molecule has 0 saturated heterocycles. The zero-order valence-corrected chi connectivity index (χ0v) is 11.6. The molecule has 1 N–H and O–H groups in total. The first-order valence-electron chi connectivity index (χ1n) is 6.40. The molecule has 1 aromatic heterocycles. The van der Waals surface area contributed by atoms with Gasteiger partial charge in [-0.05, 0) is 26.1 Å². The molecule has 1 heterocycles. The molecule has 2 rings (SSSR count). The van der Waals surface area contributed by atoms with Crippen molar-refractivity contribution in [2.45, 2.75) is 6.92 Å². The Morgan fingerprint density at radius 2 is 2.11 bits per heavy atom. The lowest BCUT2D eigenvalue weighted by molar-refractivity contribution is 0.0798. The Balaban J connectivity index is 2.39. The van der Waals surface area contributed by atoms with Crippen LogP contribution in [0.25, 0.3) is 10.9 Å². The number of fused-ring (bicyclic) bond motifs is 1. The van der Waals surface area contributed by atoms with Gasteiger partial charge in [0.1, 0.15) is 0 Å². The van der Waals surface area contributed by atoms with Gasteiger partial charge in [-0.15, -0.1) is 0 Å². The van der Waals surface area contributed by atoms with Crippen molar-refractivity contribution in [3.05, 3.63) is 41.6 Å². The van der Waals surface area contributed by atoms with Crippen LogP contribution in [0.3, 0.4) is 0 Å². The van der Waals surface area contributed by atoms with E-state index in [-0.39, 0.29) is 5.91 Å². The van der Waals surface area contributed by atoms with Crippen molar-refractivity contribution in [1.82, 2.24) is 15.2 Å². The number of para-hydroxylation sites is 1. The van der Waals surface area contributed by atoms with Crippen molar-refractivity contribution in [3.8, 4) is 0 Å². The van der Waals surface area contributed by atoms with E-state index in [1.165, 1.54) is 0 Å². The second kappa shape index (κ2) is 5.80. The van der Waals surface area contributed by atoms with Crippen LogP contribution >= 0.6 is 0 Å². The lowest BCUT2D eigenvalue weighted by Gasteiger charge is -2.17. The van der Waals surface area contributed by atoms with E-state index < -0.39 is 0 Å². The average molecular weight is 257 g/mol. The average Bonchev–Trinajstić information content (AvgIpc) is 2.43. The fraction of sp³-hybridized carbons (Fsp3) is 0.333. The quantitative estimate of drug-likeness (QED) is 0.909. The number of nitrogens with zero attached hydrogens (tertiary/aromatic N) is 2. The molecule has 2 aromatic rings. The van der Waals surface area contributed by atoms with Crippen LogP contribution in [0.4, 0.5) is 0 Å². The Labute approximate surface area is 113 Å². The molecule has 19 heavy (non-hydrogen) atoms. The van der Waals surface area contributed by atoms with Crippen LogP contribution in [0.2, 0.25) is 0 Å². The third kappa shape index (κ3) is 2.90. The van der Waals surface area contributed by atoms with E-state index in [9.17, 15) is 4.79 Å². The summed E-state index contributed by atoms with van der Waals surface area (Å²) >= 11 is 0. The van der Waals surface area contributed by atoms with Gasteiger partial charge in [-0.25, -0.2) is 0 Å². The Hall–Kier alpha value is -1.94. The van der Waals surface area contributed by atoms with E-state index >= 15 is 0 Å². The molecule has 0 fully saturated rings. The number of pyridine rings is 1. The van der Waals surface area contributed by atoms with Crippen molar-refractivity contribution in [1.29, 1.82) is 0 Å². The fourth-order valence-corrected chi connectivity index (χ4v) is 2.00. The molecule has 0 saturated carbocycles. The monoisotopic (exact) mass is 257 g/mol. The topological polar surface area (TPSA) is 45.2 Å². The number of benzene rings is 1. The van der Waals surface area contributed by atoms with Crippen molar-refractivity contribution in [2.75, 3.05) is 27.2 Å². The summed E-state index contributed by atoms with van der Waals surface area (Å²) in [6, 6.07) is 9.68. The van der Waals surface area contributed by atoms with Gasteiger partial charge in [0.05, 0.1) is 11.1 Å². The normalized spacial score (nSPS) is 10.7. The molecule has 0 aliphatic rings. The van der Waals surface area contributed by atoms with E-state index in [4.69, 9.17) is 0 Å². The molecule has 4 nitrogen and oxygen atoms in total. The summed E-state index contributed by atoms with van der Waals surface area (Å²) < 4.78 is 0. The van der Waals surface area contributed by atoms with Crippen LogP contribution in [0.15, 0.2) is 30.3 Å². The minimum absolute atomic E-state index is 0.0129. The van der Waals surface area contributed by atoms with Gasteiger partial charge in [-0.2, -0.15) is 0 Å². The molecule has 1 amide bonds. The minimum atomic E-state index is 0.0129. The molecule has 1 aromatic carbocycles. The number of hydrogen-bond donors (Lipinski definition) is 1. The largest absolute Gasteiger partial charge is 0.340 e. The standard InChI is InChI=1S/C15H19N3O/c1-11-7-8-12-5-4-6-13(14(12)17-11)15(19)18(3)10-9-16-2/h4-8,16H,9-10H2,1-3H3. The molecular weight excluding hydrogens is 238 g/mol. The van der Waals surface area contributed by atoms with E-state index in [1.54, 1.807) is 4.90 Å². The Morgan fingerprint density at radius 3 is 2.84 bits per heavy atom. The van der Waals surface area contributed by atoms with Crippen molar-refractivity contribution >= 4 is 16.8 Å². The van der Waals surface area contributed by atoms with Gasteiger partial charge in [-0.1, -0.05) is 18.2 Å². The van der Waals surface area contributed by atoms with Crippen molar-refractivity contribution in [3.63, 3.8) is 0 Å². The van der Waals surface area contributed by atoms with Gasteiger partial charge in [0.2, 0.25) is 0 Å². The zero-order chi connectivity index (χ0) is 13.8. The summed E-state index contributed by atoms with van der Waals surface area (Å²) in [6.45, 7) is 3.39. The minimum Gasteiger partial charge on any atom is -0.340 e.